The predicted octanol–water partition coefficient (Wildman–Crippen LogP) is 1.95. The van der Waals surface area contributed by atoms with Gasteiger partial charge in [0.1, 0.15) is 22.8 Å². The number of Topliss-reactive ketones (excluding diaryl/α,β-unsaturated/α-hetero) is 2. The van der Waals surface area contributed by atoms with E-state index < -0.39 is 58.0 Å². The molecule has 3 aliphatic carbocycles. The molecular formula is C26H24BrN3O7. The first-order valence-electron chi connectivity index (χ1n) is 11.5. The Morgan fingerprint density at radius 3 is 2.51 bits per heavy atom. The number of fused-ring (bicyclic) bond motifs is 3. The van der Waals surface area contributed by atoms with Crippen LogP contribution in [0, 0.1) is 11.8 Å². The molecule has 0 unspecified atom stereocenters. The normalized spacial score (nSPS) is 27.2. The molecule has 1 aromatic heterocycles. The zero-order valence-electron chi connectivity index (χ0n) is 19.9. The summed E-state index contributed by atoms with van der Waals surface area (Å²) >= 11 is 3.39. The molecular weight excluding hydrogens is 546 g/mol. The van der Waals surface area contributed by atoms with E-state index in [1.54, 1.807) is 32.6 Å². The highest BCUT2D eigenvalue weighted by molar-refractivity contribution is 9.10. The minimum absolute atomic E-state index is 0.0254. The molecule has 4 atom stereocenters. The van der Waals surface area contributed by atoms with E-state index in [0.29, 0.717) is 16.7 Å². The van der Waals surface area contributed by atoms with Crippen molar-refractivity contribution >= 4 is 33.4 Å². The third kappa shape index (κ3) is 3.45. The number of primary amides is 1. The number of pyridine rings is 1. The highest BCUT2D eigenvalue weighted by atomic mass is 79.9. The van der Waals surface area contributed by atoms with Crippen LogP contribution in [0.4, 0.5) is 0 Å². The zero-order valence-corrected chi connectivity index (χ0v) is 21.5. The molecule has 0 fully saturated rings. The van der Waals surface area contributed by atoms with Crippen molar-refractivity contribution < 1.29 is 34.8 Å². The van der Waals surface area contributed by atoms with Crippen LogP contribution in [0.2, 0.25) is 0 Å². The Labute approximate surface area is 219 Å². The van der Waals surface area contributed by atoms with Gasteiger partial charge in [-0.25, -0.2) is 0 Å². The number of halogens is 1. The van der Waals surface area contributed by atoms with Crippen molar-refractivity contribution in [3.05, 3.63) is 68.9 Å². The molecule has 37 heavy (non-hydrogen) atoms. The van der Waals surface area contributed by atoms with Gasteiger partial charge in [-0.2, -0.15) is 0 Å². The molecule has 5 rings (SSSR count). The van der Waals surface area contributed by atoms with Crippen LogP contribution in [-0.2, 0) is 16.0 Å². The molecule has 3 aliphatic rings. The summed E-state index contributed by atoms with van der Waals surface area (Å²) in [5.74, 6) is -6.77. The largest absolute Gasteiger partial charge is 0.510 e. The average Bonchev–Trinajstić information content (AvgIpc) is 2.81. The number of carbonyl (C=O) groups excluding carboxylic acids is 3. The zero-order chi connectivity index (χ0) is 27.0. The summed E-state index contributed by atoms with van der Waals surface area (Å²) in [6.07, 6.45) is 3.47. The number of likely N-dealkylation sites (N-methyl/N-ethyl adjacent to an activating group) is 1. The van der Waals surface area contributed by atoms with Crippen LogP contribution < -0.4 is 5.73 Å². The minimum atomic E-state index is -2.66. The number of aromatic nitrogens is 1. The van der Waals surface area contributed by atoms with Crippen molar-refractivity contribution in [1.29, 1.82) is 0 Å². The van der Waals surface area contributed by atoms with Gasteiger partial charge in [0.25, 0.3) is 5.91 Å². The summed E-state index contributed by atoms with van der Waals surface area (Å²) in [6.45, 7) is 0. The molecule has 2 aromatic rings. The Bertz CT molecular complexity index is 1460. The van der Waals surface area contributed by atoms with Gasteiger partial charge in [-0.05, 0) is 72.0 Å². The van der Waals surface area contributed by atoms with Gasteiger partial charge in [0.05, 0.1) is 11.6 Å². The summed E-state index contributed by atoms with van der Waals surface area (Å²) in [5, 5.41) is 44.5. The number of rotatable bonds is 3. The molecule has 0 saturated carbocycles. The van der Waals surface area contributed by atoms with Crippen LogP contribution >= 0.6 is 15.9 Å². The van der Waals surface area contributed by atoms with Crippen LogP contribution in [0.5, 0.6) is 5.75 Å². The molecule has 192 valence electrons. The number of benzene rings is 1. The van der Waals surface area contributed by atoms with Crippen molar-refractivity contribution in [2.24, 2.45) is 17.6 Å². The molecule has 1 amide bonds. The Morgan fingerprint density at radius 1 is 1.19 bits per heavy atom. The number of amides is 1. The smallest absolute Gasteiger partial charge is 0.255 e. The monoisotopic (exact) mass is 569 g/mol. The number of aliphatic hydroxyl groups is 3. The highest BCUT2D eigenvalue weighted by Crippen LogP contribution is 2.53. The highest BCUT2D eigenvalue weighted by Gasteiger charge is 2.63. The maximum absolute atomic E-state index is 13.8. The molecule has 0 aliphatic heterocycles. The number of phenols is 1. The van der Waals surface area contributed by atoms with Gasteiger partial charge in [0, 0.05) is 33.9 Å². The van der Waals surface area contributed by atoms with Crippen molar-refractivity contribution in [3.63, 3.8) is 0 Å². The topological polar surface area (TPSA) is 174 Å². The summed E-state index contributed by atoms with van der Waals surface area (Å²) < 4.78 is 0.719. The number of aromatic hydroxyl groups is 1. The summed E-state index contributed by atoms with van der Waals surface area (Å²) in [7, 11) is 3.17. The van der Waals surface area contributed by atoms with Crippen molar-refractivity contribution in [2.75, 3.05) is 14.1 Å². The third-order valence-electron chi connectivity index (χ3n) is 7.62. The number of hydrogen-bond donors (Lipinski definition) is 5. The van der Waals surface area contributed by atoms with Gasteiger partial charge in [0.2, 0.25) is 5.78 Å². The fourth-order valence-corrected chi connectivity index (χ4v) is 6.45. The van der Waals surface area contributed by atoms with E-state index in [9.17, 15) is 34.8 Å². The summed E-state index contributed by atoms with van der Waals surface area (Å²) in [4.78, 5) is 44.9. The number of nitrogens with zero attached hydrogens (tertiary/aromatic N) is 2. The second-order valence-corrected chi connectivity index (χ2v) is 10.8. The van der Waals surface area contributed by atoms with Gasteiger partial charge < -0.3 is 26.2 Å². The lowest BCUT2D eigenvalue weighted by atomic mass is 9.58. The number of allylic oxidation sites excluding steroid dienone is 1. The fourth-order valence-electron chi connectivity index (χ4n) is 6.08. The van der Waals surface area contributed by atoms with Crippen LogP contribution in [0.3, 0.4) is 0 Å². The van der Waals surface area contributed by atoms with E-state index in [-0.39, 0.29) is 29.7 Å². The summed E-state index contributed by atoms with van der Waals surface area (Å²) in [5.41, 5.74) is 3.52. The van der Waals surface area contributed by atoms with Crippen molar-refractivity contribution in [1.82, 2.24) is 9.88 Å². The Kier molecular flexibility index (Phi) is 5.78. The first-order valence-corrected chi connectivity index (χ1v) is 12.3. The van der Waals surface area contributed by atoms with E-state index in [1.165, 1.54) is 11.0 Å². The molecule has 0 radical (unpaired) electrons. The van der Waals surface area contributed by atoms with Gasteiger partial charge in [-0.3, -0.25) is 24.3 Å². The molecule has 1 heterocycles. The predicted molar refractivity (Wildman–Crippen MR) is 135 cm³/mol. The second kappa shape index (κ2) is 8.51. The van der Waals surface area contributed by atoms with Crippen molar-refractivity contribution in [2.45, 2.75) is 24.5 Å². The molecule has 0 bridgehead atoms. The SMILES string of the molecule is CN(C)[C@H]1C(O)=C(C(N)=O)C(=O)[C@@]2(O)C(O)=C3C(=O)c4c(O)ccc(-c5cncc(Br)c5)c4C[C@H]3C[C@@H]12. The lowest BCUT2D eigenvalue weighted by Crippen LogP contribution is -2.63. The van der Waals surface area contributed by atoms with Gasteiger partial charge in [-0.1, -0.05) is 6.07 Å². The lowest BCUT2D eigenvalue weighted by molar-refractivity contribution is -0.148. The number of aliphatic hydroxyl groups excluding tert-OH is 2. The fraction of sp³-hybridized carbons (Fsp3) is 0.308. The van der Waals surface area contributed by atoms with Crippen LogP contribution in [0.1, 0.15) is 22.3 Å². The van der Waals surface area contributed by atoms with E-state index in [1.807, 2.05) is 6.07 Å². The van der Waals surface area contributed by atoms with Crippen LogP contribution in [0.25, 0.3) is 11.1 Å². The number of ketones is 2. The number of hydrogen-bond acceptors (Lipinski definition) is 9. The molecule has 0 saturated heterocycles. The lowest BCUT2D eigenvalue weighted by Gasteiger charge is -2.50. The minimum Gasteiger partial charge on any atom is -0.510 e. The number of carbonyl (C=O) groups is 3. The van der Waals surface area contributed by atoms with Gasteiger partial charge in [-0.15, -0.1) is 0 Å². The first kappa shape index (κ1) is 25.1. The maximum atomic E-state index is 13.8. The van der Waals surface area contributed by atoms with E-state index in [4.69, 9.17) is 5.73 Å². The first-order chi connectivity index (χ1) is 17.4. The Hall–Kier alpha value is -3.54. The third-order valence-corrected chi connectivity index (χ3v) is 8.06. The molecule has 11 heteroatoms. The van der Waals surface area contributed by atoms with Crippen LogP contribution in [-0.4, -0.2) is 73.5 Å². The standard InChI is InChI=1S/C26H24BrN3O7/c1-30(2)20-15-7-10-6-14-13(11-5-12(27)9-29-8-11)3-4-16(31)18(14)21(32)17(10)23(34)26(15,37)24(35)19(22(20)33)25(28)36/h3-5,8-10,15,20,31,33-34,37H,6-7H2,1-2H3,(H2,28,36)/t10-,15-,20+,26-/m0/s1. The van der Waals surface area contributed by atoms with E-state index in [0.717, 1.165) is 4.47 Å². The number of nitrogens with two attached hydrogens (primary N) is 1. The van der Waals surface area contributed by atoms with Gasteiger partial charge >= 0.3 is 0 Å². The van der Waals surface area contributed by atoms with Crippen LogP contribution in [0.15, 0.2) is 57.7 Å². The Morgan fingerprint density at radius 2 is 1.89 bits per heavy atom. The number of phenolic OH excluding ortho intramolecular Hbond substituents is 1. The second-order valence-electron chi connectivity index (χ2n) is 9.84. The molecule has 1 aromatic carbocycles. The molecule has 10 nitrogen and oxygen atoms in total. The van der Waals surface area contributed by atoms with E-state index >= 15 is 0 Å². The molecule has 0 spiro atoms. The quantitative estimate of drug-likeness (QED) is 0.346. The van der Waals surface area contributed by atoms with Gasteiger partial charge in [0.15, 0.2) is 11.4 Å². The van der Waals surface area contributed by atoms with Crippen molar-refractivity contribution in [3.8, 4) is 16.9 Å². The maximum Gasteiger partial charge on any atom is 0.255 e. The average molecular weight is 570 g/mol. The Balaban J connectivity index is 1.73. The van der Waals surface area contributed by atoms with E-state index in [2.05, 4.69) is 20.9 Å². The summed E-state index contributed by atoms with van der Waals surface area (Å²) in [6, 6.07) is 3.83. The molecule has 6 N–H and O–H groups in total.